The van der Waals surface area contributed by atoms with E-state index >= 15 is 0 Å². The molecule has 0 unspecified atom stereocenters. The Kier molecular flexibility index (Phi) is 7.05. The van der Waals surface area contributed by atoms with Gasteiger partial charge in [-0.1, -0.05) is 62.7 Å². The molecule has 7 heteroatoms. The zero-order chi connectivity index (χ0) is 27.2. The highest BCUT2D eigenvalue weighted by Crippen LogP contribution is 2.45. The van der Waals surface area contributed by atoms with Crippen molar-refractivity contribution < 1.29 is 14.3 Å². The van der Waals surface area contributed by atoms with Crippen molar-refractivity contribution >= 4 is 50.7 Å². The Hall–Kier alpha value is -3.22. The minimum Gasteiger partial charge on any atom is -0.465 e. The molecule has 5 nitrogen and oxygen atoms in total. The van der Waals surface area contributed by atoms with Gasteiger partial charge in [0.1, 0.15) is 5.00 Å². The van der Waals surface area contributed by atoms with Crippen LogP contribution in [0, 0.1) is 18.3 Å². The molecule has 4 aromatic rings. The molecule has 5 rings (SSSR count). The molecule has 0 fully saturated rings. The van der Waals surface area contributed by atoms with Gasteiger partial charge >= 0.3 is 5.97 Å². The van der Waals surface area contributed by atoms with Crippen molar-refractivity contribution in [2.24, 2.45) is 11.3 Å². The number of nitrogens with one attached hydrogen (secondary N) is 1. The SMILES string of the molecule is COC(=O)c1c(NC(=O)c2c(C)c(-c3cccc(Cl)c3)nc3ccccc23)sc2c1CC[C@H](C(C)(C)C)C2. The average molecular weight is 547 g/mol. The third-order valence-corrected chi connectivity index (χ3v) is 8.97. The Morgan fingerprint density at radius 2 is 1.87 bits per heavy atom. The highest BCUT2D eigenvalue weighted by molar-refractivity contribution is 7.17. The summed E-state index contributed by atoms with van der Waals surface area (Å²) in [5.74, 6) is -0.183. The summed E-state index contributed by atoms with van der Waals surface area (Å²) in [5, 5.41) is 5.00. The monoisotopic (exact) mass is 546 g/mol. The molecule has 2 aromatic carbocycles. The summed E-state index contributed by atoms with van der Waals surface area (Å²) < 4.78 is 5.16. The van der Waals surface area contributed by atoms with Crippen molar-refractivity contribution in [3.8, 4) is 11.3 Å². The van der Waals surface area contributed by atoms with Crippen LogP contribution in [0.4, 0.5) is 5.00 Å². The van der Waals surface area contributed by atoms with E-state index in [1.165, 1.54) is 18.4 Å². The summed E-state index contributed by atoms with van der Waals surface area (Å²) in [4.78, 5) is 32.9. The third kappa shape index (κ3) is 4.83. The van der Waals surface area contributed by atoms with E-state index in [1.807, 2.05) is 55.5 Å². The van der Waals surface area contributed by atoms with Crippen LogP contribution < -0.4 is 5.32 Å². The van der Waals surface area contributed by atoms with Crippen LogP contribution in [0.2, 0.25) is 5.02 Å². The standard InChI is InChI=1S/C31H31ClN2O3S/c1-17-25(21-11-6-7-12-23(21)33-27(17)18-9-8-10-20(32)15-18)28(35)34-29-26(30(36)37-5)22-14-13-19(31(2,3)4)16-24(22)38-29/h6-12,15,19H,13-14,16H2,1-5H3,(H,34,35)/t19-/m0/s1. The number of aromatic nitrogens is 1. The van der Waals surface area contributed by atoms with Crippen LogP contribution in [0.5, 0.6) is 0 Å². The Balaban J connectivity index is 1.60. The Labute approximate surface area is 232 Å². The summed E-state index contributed by atoms with van der Waals surface area (Å²) in [7, 11) is 1.39. The van der Waals surface area contributed by atoms with E-state index in [0.717, 1.165) is 46.2 Å². The number of para-hydroxylation sites is 1. The van der Waals surface area contributed by atoms with Gasteiger partial charge in [-0.15, -0.1) is 11.3 Å². The zero-order valence-corrected chi connectivity index (χ0v) is 23.8. The van der Waals surface area contributed by atoms with Crippen LogP contribution in [0.3, 0.4) is 0 Å². The number of fused-ring (bicyclic) bond motifs is 2. The van der Waals surface area contributed by atoms with Gasteiger partial charge < -0.3 is 10.1 Å². The van der Waals surface area contributed by atoms with Gasteiger partial charge in [-0.05, 0) is 66.8 Å². The van der Waals surface area contributed by atoms with Gasteiger partial charge in [0.15, 0.2) is 0 Å². The summed E-state index contributed by atoms with van der Waals surface area (Å²) in [6.07, 6.45) is 2.69. The molecule has 1 atom stereocenters. The molecule has 38 heavy (non-hydrogen) atoms. The highest BCUT2D eigenvalue weighted by Gasteiger charge is 2.34. The molecule has 1 aliphatic carbocycles. The van der Waals surface area contributed by atoms with Gasteiger partial charge in [-0.2, -0.15) is 0 Å². The number of benzene rings is 2. The van der Waals surface area contributed by atoms with Gasteiger partial charge in [0.25, 0.3) is 5.91 Å². The summed E-state index contributed by atoms with van der Waals surface area (Å²) in [6.45, 7) is 8.68. The van der Waals surface area contributed by atoms with Crippen LogP contribution >= 0.6 is 22.9 Å². The lowest BCUT2D eigenvalue weighted by Gasteiger charge is -2.33. The number of anilines is 1. The van der Waals surface area contributed by atoms with Crippen molar-refractivity contribution in [2.45, 2.75) is 47.0 Å². The zero-order valence-electron chi connectivity index (χ0n) is 22.3. The molecule has 0 spiro atoms. The van der Waals surface area contributed by atoms with Gasteiger partial charge in [-0.25, -0.2) is 9.78 Å². The van der Waals surface area contributed by atoms with Gasteiger partial charge in [-0.3, -0.25) is 4.79 Å². The smallest absolute Gasteiger partial charge is 0.341 e. The first-order valence-corrected chi connectivity index (χ1v) is 14.0. The minimum absolute atomic E-state index is 0.167. The number of hydrogen-bond acceptors (Lipinski definition) is 5. The fourth-order valence-corrected chi connectivity index (χ4v) is 6.91. The number of rotatable bonds is 4. The maximum atomic E-state index is 14.0. The molecule has 2 aromatic heterocycles. The number of halogens is 1. The van der Waals surface area contributed by atoms with E-state index in [9.17, 15) is 9.59 Å². The molecule has 1 amide bonds. The number of ether oxygens (including phenoxy) is 1. The summed E-state index contributed by atoms with van der Waals surface area (Å²) >= 11 is 7.77. The first-order chi connectivity index (χ1) is 18.1. The van der Waals surface area contributed by atoms with Crippen molar-refractivity contribution in [3.05, 3.63) is 80.7 Å². The number of methoxy groups -OCH3 is 1. The molecule has 0 aliphatic heterocycles. The molecule has 1 aliphatic rings. The van der Waals surface area contributed by atoms with Crippen LogP contribution in [-0.4, -0.2) is 24.0 Å². The van der Waals surface area contributed by atoms with Crippen molar-refractivity contribution in [1.29, 1.82) is 0 Å². The third-order valence-electron chi connectivity index (χ3n) is 7.57. The summed E-state index contributed by atoms with van der Waals surface area (Å²) in [6, 6.07) is 15.1. The Morgan fingerprint density at radius 3 is 2.58 bits per heavy atom. The molecule has 196 valence electrons. The van der Waals surface area contributed by atoms with Gasteiger partial charge in [0, 0.05) is 20.8 Å². The maximum Gasteiger partial charge on any atom is 0.341 e. The maximum absolute atomic E-state index is 14.0. The second kappa shape index (κ2) is 10.2. The number of amides is 1. The molecule has 0 radical (unpaired) electrons. The lowest BCUT2D eigenvalue weighted by atomic mass is 9.72. The second-order valence-electron chi connectivity index (χ2n) is 10.9. The fraction of sp³-hybridized carbons (Fsp3) is 0.323. The van der Waals surface area contributed by atoms with E-state index in [1.54, 1.807) is 0 Å². The van der Waals surface area contributed by atoms with Crippen molar-refractivity contribution in [1.82, 2.24) is 4.98 Å². The molecule has 0 saturated heterocycles. The van der Waals surface area contributed by atoms with E-state index in [0.29, 0.717) is 38.3 Å². The number of nitrogens with zero attached hydrogens (tertiary/aromatic N) is 1. The van der Waals surface area contributed by atoms with Crippen molar-refractivity contribution in [2.75, 3.05) is 12.4 Å². The van der Waals surface area contributed by atoms with E-state index in [4.69, 9.17) is 21.3 Å². The molecular weight excluding hydrogens is 516 g/mol. The van der Waals surface area contributed by atoms with Crippen LogP contribution in [0.1, 0.15) is 63.9 Å². The topological polar surface area (TPSA) is 68.3 Å². The first-order valence-electron chi connectivity index (χ1n) is 12.8. The second-order valence-corrected chi connectivity index (χ2v) is 12.5. The van der Waals surface area contributed by atoms with Crippen LogP contribution in [0.15, 0.2) is 48.5 Å². The van der Waals surface area contributed by atoms with Crippen molar-refractivity contribution in [3.63, 3.8) is 0 Å². The normalized spacial score (nSPS) is 15.3. The van der Waals surface area contributed by atoms with E-state index in [-0.39, 0.29) is 11.3 Å². The lowest BCUT2D eigenvalue weighted by molar-refractivity contribution is 0.0600. The molecule has 0 saturated carbocycles. The van der Waals surface area contributed by atoms with Gasteiger partial charge in [0.05, 0.1) is 29.4 Å². The van der Waals surface area contributed by atoms with Crippen LogP contribution in [-0.2, 0) is 17.6 Å². The number of thiophene rings is 1. The average Bonchev–Trinajstić information content (AvgIpc) is 3.24. The predicted molar refractivity (Wildman–Crippen MR) is 156 cm³/mol. The molecular formula is C31H31ClN2O3S. The minimum atomic E-state index is -0.414. The quantitative estimate of drug-likeness (QED) is 0.262. The fourth-order valence-electron chi connectivity index (χ4n) is 5.41. The number of esters is 1. The Morgan fingerprint density at radius 1 is 1.11 bits per heavy atom. The molecule has 2 heterocycles. The lowest BCUT2D eigenvalue weighted by Crippen LogP contribution is -2.26. The number of carbonyl (C=O) groups excluding carboxylic acids is 2. The number of carbonyl (C=O) groups is 2. The highest BCUT2D eigenvalue weighted by atomic mass is 35.5. The largest absolute Gasteiger partial charge is 0.465 e. The first kappa shape index (κ1) is 26.4. The molecule has 1 N–H and O–H groups in total. The number of hydrogen-bond donors (Lipinski definition) is 1. The summed E-state index contributed by atoms with van der Waals surface area (Å²) in [5.41, 5.74) is 5.18. The molecule has 0 bridgehead atoms. The van der Waals surface area contributed by atoms with E-state index in [2.05, 4.69) is 26.1 Å². The van der Waals surface area contributed by atoms with Gasteiger partial charge in [0.2, 0.25) is 0 Å². The Bertz CT molecular complexity index is 1570. The predicted octanol–water partition coefficient (Wildman–Crippen LogP) is 8.12. The van der Waals surface area contributed by atoms with E-state index < -0.39 is 5.97 Å². The van der Waals surface area contributed by atoms with Crippen LogP contribution in [0.25, 0.3) is 22.2 Å². The number of pyridine rings is 1.